The van der Waals surface area contributed by atoms with Crippen molar-refractivity contribution < 1.29 is 18.6 Å². The van der Waals surface area contributed by atoms with Crippen LogP contribution in [0.3, 0.4) is 0 Å². The first-order valence-corrected chi connectivity index (χ1v) is 13.1. The average Bonchev–Trinajstić information content (AvgIpc) is 2.96. The number of benzene rings is 1. The molecule has 3 aliphatic rings. The van der Waals surface area contributed by atoms with Crippen molar-refractivity contribution >= 4 is 28.4 Å². The fraction of sp³-hybridized carbons (Fsp3) is 0.538. The van der Waals surface area contributed by atoms with E-state index in [0.29, 0.717) is 45.3 Å². The highest BCUT2D eigenvalue weighted by molar-refractivity contribution is 5.85. The summed E-state index contributed by atoms with van der Waals surface area (Å²) in [4.78, 5) is 21.7. The van der Waals surface area contributed by atoms with E-state index in [0.717, 1.165) is 61.2 Å². The number of halogens is 1. The predicted molar refractivity (Wildman–Crippen MR) is 138 cm³/mol. The van der Waals surface area contributed by atoms with Gasteiger partial charge in [-0.1, -0.05) is 0 Å². The van der Waals surface area contributed by atoms with Gasteiger partial charge in [-0.15, -0.1) is 0 Å². The van der Waals surface area contributed by atoms with Crippen LogP contribution in [0.15, 0.2) is 30.9 Å². The largest absolute Gasteiger partial charge is 0.488 e. The molecule has 4 heterocycles. The number of aromatic nitrogens is 4. The standard InChI is InChI=1S/C26H32FN7O3/c27-23-25(30-17-31-26(23)34-9-13-36-14-10-34)32-18-1-3-20(4-2-18)37-22-16-19(33-7-11-35-12-8-33)15-21-24(22)29-6-5-28-21/h5-6,15-18,20H,1-4,7-14H2,(H,30,31,32). The van der Waals surface area contributed by atoms with Gasteiger partial charge in [0.15, 0.2) is 11.6 Å². The van der Waals surface area contributed by atoms with Crippen molar-refractivity contribution in [2.75, 3.05) is 67.7 Å². The second-order valence-electron chi connectivity index (χ2n) is 9.66. The van der Waals surface area contributed by atoms with Gasteiger partial charge in [0, 0.05) is 56.4 Å². The number of fused-ring (bicyclic) bond motifs is 1. The average molecular weight is 510 g/mol. The zero-order valence-electron chi connectivity index (χ0n) is 20.8. The van der Waals surface area contributed by atoms with E-state index in [1.54, 1.807) is 12.4 Å². The van der Waals surface area contributed by atoms with E-state index in [-0.39, 0.29) is 18.0 Å². The Morgan fingerprint density at radius 2 is 1.54 bits per heavy atom. The van der Waals surface area contributed by atoms with E-state index in [1.807, 2.05) is 4.90 Å². The van der Waals surface area contributed by atoms with Crippen molar-refractivity contribution in [2.45, 2.75) is 37.8 Å². The first-order valence-electron chi connectivity index (χ1n) is 13.1. The fourth-order valence-electron chi connectivity index (χ4n) is 5.28. The highest BCUT2D eigenvalue weighted by atomic mass is 19.1. The number of nitrogens with zero attached hydrogens (tertiary/aromatic N) is 6. The van der Waals surface area contributed by atoms with Gasteiger partial charge in [-0.25, -0.2) is 15.0 Å². The molecule has 1 aromatic carbocycles. The molecule has 3 aromatic rings. The zero-order chi connectivity index (χ0) is 25.0. The molecule has 0 amide bonds. The molecule has 2 aromatic heterocycles. The van der Waals surface area contributed by atoms with Gasteiger partial charge in [0.05, 0.1) is 38.0 Å². The predicted octanol–water partition coefficient (Wildman–Crippen LogP) is 3.03. The lowest BCUT2D eigenvalue weighted by Gasteiger charge is -2.32. The summed E-state index contributed by atoms with van der Waals surface area (Å²) in [6.45, 7) is 5.52. The molecule has 1 aliphatic carbocycles. The lowest BCUT2D eigenvalue weighted by atomic mass is 9.93. The molecule has 37 heavy (non-hydrogen) atoms. The molecule has 0 spiro atoms. The van der Waals surface area contributed by atoms with Crippen LogP contribution in [0.1, 0.15) is 25.7 Å². The summed E-state index contributed by atoms with van der Waals surface area (Å²) in [6.07, 6.45) is 8.31. The zero-order valence-corrected chi connectivity index (χ0v) is 20.8. The smallest absolute Gasteiger partial charge is 0.207 e. The maximum atomic E-state index is 15.2. The lowest BCUT2D eigenvalue weighted by molar-refractivity contribution is 0.122. The van der Waals surface area contributed by atoms with Gasteiger partial charge < -0.3 is 29.3 Å². The first kappa shape index (κ1) is 24.1. The number of morpholine rings is 2. The van der Waals surface area contributed by atoms with E-state index >= 15 is 4.39 Å². The maximum absolute atomic E-state index is 15.2. The number of hydrogen-bond donors (Lipinski definition) is 1. The van der Waals surface area contributed by atoms with Crippen molar-refractivity contribution in [3.63, 3.8) is 0 Å². The minimum absolute atomic E-state index is 0.0577. The highest BCUT2D eigenvalue weighted by Gasteiger charge is 2.26. The van der Waals surface area contributed by atoms with Crippen LogP contribution in [0, 0.1) is 5.82 Å². The van der Waals surface area contributed by atoms with Crippen LogP contribution in [0.2, 0.25) is 0 Å². The molecule has 1 N–H and O–H groups in total. The van der Waals surface area contributed by atoms with E-state index < -0.39 is 5.82 Å². The van der Waals surface area contributed by atoms with E-state index in [1.165, 1.54) is 6.33 Å². The number of rotatable bonds is 6. The molecule has 1 saturated carbocycles. The van der Waals surface area contributed by atoms with Crippen molar-refractivity contribution in [2.24, 2.45) is 0 Å². The Labute approximate surface area is 215 Å². The summed E-state index contributed by atoms with van der Waals surface area (Å²) >= 11 is 0. The van der Waals surface area contributed by atoms with E-state index in [4.69, 9.17) is 14.2 Å². The van der Waals surface area contributed by atoms with Gasteiger partial charge in [-0.2, -0.15) is 4.39 Å². The first-order chi connectivity index (χ1) is 18.2. The molecule has 3 fully saturated rings. The van der Waals surface area contributed by atoms with Crippen LogP contribution >= 0.6 is 0 Å². The van der Waals surface area contributed by atoms with Gasteiger partial charge in [-0.3, -0.25) is 4.98 Å². The van der Waals surface area contributed by atoms with E-state index in [9.17, 15) is 0 Å². The van der Waals surface area contributed by atoms with Crippen molar-refractivity contribution in [3.05, 3.63) is 36.7 Å². The Kier molecular flexibility index (Phi) is 7.13. The lowest BCUT2D eigenvalue weighted by Crippen LogP contribution is -2.37. The number of hydrogen-bond acceptors (Lipinski definition) is 10. The third-order valence-corrected chi connectivity index (χ3v) is 7.29. The molecule has 0 unspecified atom stereocenters. The van der Waals surface area contributed by atoms with Crippen LogP contribution in [0.4, 0.5) is 21.7 Å². The van der Waals surface area contributed by atoms with Crippen LogP contribution in [0.25, 0.3) is 11.0 Å². The van der Waals surface area contributed by atoms with Gasteiger partial charge in [0.2, 0.25) is 5.82 Å². The summed E-state index contributed by atoms with van der Waals surface area (Å²) in [7, 11) is 0. The monoisotopic (exact) mass is 509 g/mol. The molecule has 10 nitrogen and oxygen atoms in total. The minimum Gasteiger partial charge on any atom is -0.488 e. The number of ether oxygens (including phenoxy) is 3. The number of nitrogens with one attached hydrogen (secondary N) is 1. The Morgan fingerprint density at radius 3 is 2.30 bits per heavy atom. The van der Waals surface area contributed by atoms with Crippen LogP contribution < -0.4 is 19.9 Å². The molecular weight excluding hydrogens is 477 g/mol. The fourth-order valence-corrected chi connectivity index (χ4v) is 5.28. The van der Waals surface area contributed by atoms with E-state index in [2.05, 4.69) is 42.3 Å². The molecule has 0 atom stereocenters. The molecule has 11 heteroatoms. The Balaban J connectivity index is 1.11. The Hall–Kier alpha value is -3.31. The van der Waals surface area contributed by atoms with Gasteiger partial charge >= 0.3 is 0 Å². The summed E-state index contributed by atoms with van der Waals surface area (Å²) in [6, 6.07) is 4.27. The Morgan fingerprint density at radius 1 is 0.838 bits per heavy atom. The molecule has 2 aliphatic heterocycles. The molecule has 196 valence electrons. The minimum atomic E-state index is -0.396. The van der Waals surface area contributed by atoms with Gasteiger partial charge in [-0.05, 0) is 31.7 Å². The van der Waals surface area contributed by atoms with Crippen molar-refractivity contribution in [1.82, 2.24) is 19.9 Å². The van der Waals surface area contributed by atoms with Crippen LogP contribution in [0.5, 0.6) is 5.75 Å². The SMILES string of the molecule is Fc1c(NC2CCC(Oc3cc(N4CCOCC4)cc4nccnc34)CC2)ncnc1N1CCOCC1. The van der Waals surface area contributed by atoms with Crippen LogP contribution in [-0.4, -0.2) is 84.7 Å². The third kappa shape index (κ3) is 5.37. The molecule has 6 rings (SSSR count). The summed E-state index contributed by atoms with van der Waals surface area (Å²) < 4.78 is 32.6. The second kappa shape index (κ2) is 11.0. The molecule has 0 radical (unpaired) electrons. The second-order valence-corrected chi connectivity index (χ2v) is 9.66. The topological polar surface area (TPSA) is 97.8 Å². The molecule has 0 bridgehead atoms. The van der Waals surface area contributed by atoms with Gasteiger partial charge in [0.25, 0.3) is 0 Å². The van der Waals surface area contributed by atoms with Crippen molar-refractivity contribution in [3.8, 4) is 5.75 Å². The van der Waals surface area contributed by atoms with Gasteiger partial charge in [0.1, 0.15) is 17.6 Å². The highest BCUT2D eigenvalue weighted by Crippen LogP contribution is 2.33. The van der Waals surface area contributed by atoms with Crippen molar-refractivity contribution in [1.29, 1.82) is 0 Å². The molecule has 2 saturated heterocycles. The summed E-state index contributed by atoms with van der Waals surface area (Å²) in [5, 5.41) is 3.31. The normalized spacial score (nSPS) is 22.7. The summed E-state index contributed by atoms with van der Waals surface area (Å²) in [5.41, 5.74) is 2.68. The quantitative estimate of drug-likeness (QED) is 0.534. The van der Waals surface area contributed by atoms with Crippen LogP contribution in [-0.2, 0) is 9.47 Å². The number of anilines is 3. The summed E-state index contributed by atoms with van der Waals surface area (Å²) in [5.74, 6) is 0.972. The molecular formula is C26H32FN7O3. The Bertz CT molecular complexity index is 1210. The third-order valence-electron chi connectivity index (χ3n) is 7.29. The maximum Gasteiger partial charge on any atom is 0.207 e.